The van der Waals surface area contributed by atoms with Crippen molar-refractivity contribution in [2.24, 2.45) is 0 Å². The van der Waals surface area contributed by atoms with Crippen molar-refractivity contribution in [2.75, 3.05) is 11.4 Å². The predicted molar refractivity (Wildman–Crippen MR) is 130 cm³/mol. The van der Waals surface area contributed by atoms with Crippen LogP contribution in [0, 0.1) is 13.8 Å². The van der Waals surface area contributed by atoms with Crippen molar-refractivity contribution >= 4 is 23.5 Å². The molecule has 35 heavy (non-hydrogen) atoms. The van der Waals surface area contributed by atoms with Gasteiger partial charge >= 0.3 is 5.97 Å². The highest BCUT2D eigenvalue weighted by atomic mass is 16.5. The first-order valence-electron chi connectivity index (χ1n) is 11.5. The SMILES string of the molecule is C=CCN1C(=O)c2ccccc2N2C(=O)CCC12C(=O)OCc1ccc(-n2nc(C)cc2C)cc1. The topological polar surface area (TPSA) is 84.7 Å². The molecule has 0 spiro atoms. The molecule has 1 fully saturated rings. The molecule has 1 saturated heterocycles. The van der Waals surface area contributed by atoms with Crippen molar-refractivity contribution in [2.45, 2.75) is 39.0 Å². The van der Waals surface area contributed by atoms with E-state index >= 15 is 0 Å². The Labute approximate surface area is 203 Å². The van der Waals surface area contributed by atoms with E-state index in [0.29, 0.717) is 11.3 Å². The lowest BCUT2D eigenvalue weighted by Crippen LogP contribution is -2.68. The quantitative estimate of drug-likeness (QED) is 0.405. The van der Waals surface area contributed by atoms with E-state index in [1.165, 1.54) is 9.80 Å². The molecule has 1 atom stereocenters. The summed E-state index contributed by atoms with van der Waals surface area (Å²) in [5.74, 6) is -1.17. The molecule has 0 N–H and O–H groups in total. The minimum Gasteiger partial charge on any atom is -0.458 e. The molecule has 1 aromatic heterocycles. The second-order valence-corrected chi connectivity index (χ2v) is 8.85. The van der Waals surface area contributed by atoms with Crippen molar-refractivity contribution < 1.29 is 19.1 Å². The number of rotatable bonds is 6. The molecule has 8 heteroatoms. The maximum Gasteiger partial charge on any atom is 0.354 e. The summed E-state index contributed by atoms with van der Waals surface area (Å²) in [5.41, 5.74) is 2.94. The van der Waals surface area contributed by atoms with E-state index in [0.717, 1.165) is 22.6 Å². The van der Waals surface area contributed by atoms with Crippen LogP contribution in [0.15, 0.2) is 67.3 Å². The minimum absolute atomic E-state index is 0.0117. The molecule has 2 aromatic carbocycles. The Morgan fingerprint density at radius 2 is 1.89 bits per heavy atom. The van der Waals surface area contributed by atoms with Gasteiger partial charge in [0.25, 0.3) is 5.91 Å². The third kappa shape index (κ3) is 3.53. The zero-order valence-electron chi connectivity index (χ0n) is 19.7. The predicted octanol–water partition coefficient (Wildman–Crippen LogP) is 3.70. The number of amides is 2. The smallest absolute Gasteiger partial charge is 0.354 e. The van der Waals surface area contributed by atoms with E-state index in [-0.39, 0.29) is 37.8 Å². The zero-order chi connectivity index (χ0) is 24.7. The van der Waals surface area contributed by atoms with E-state index < -0.39 is 11.6 Å². The number of para-hydroxylation sites is 1. The van der Waals surface area contributed by atoms with Crippen LogP contribution in [0.3, 0.4) is 0 Å². The standard InChI is InChI=1S/C27H26N4O4/c1-4-15-29-25(33)22-7-5-6-8-23(22)30-24(32)13-14-27(29,30)26(34)35-17-20-9-11-21(12-10-20)31-19(3)16-18(2)28-31/h4-12,16H,1,13-15,17H2,2-3H3. The number of ether oxygens (including phenoxy) is 1. The molecular weight excluding hydrogens is 444 g/mol. The van der Waals surface area contributed by atoms with Gasteiger partial charge in [0.2, 0.25) is 11.6 Å². The van der Waals surface area contributed by atoms with E-state index in [1.54, 1.807) is 30.3 Å². The van der Waals surface area contributed by atoms with Gasteiger partial charge in [0.1, 0.15) is 6.61 Å². The number of aryl methyl sites for hydroxylation is 2. The van der Waals surface area contributed by atoms with Crippen LogP contribution in [0.4, 0.5) is 5.69 Å². The van der Waals surface area contributed by atoms with Crippen LogP contribution in [0.5, 0.6) is 0 Å². The van der Waals surface area contributed by atoms with Gasteiger partial charge in [-0.25, -0.2) is 9.48 Å². The molecule has 8 nitrogen and oxygen atoms in total. The van der Waals surface area contributed by atoms with Gasteiger partial charge < -0.3 is 9.64 Å². The second-order valence-electron chi connectivity index (χ2n) is 8.85. The molecule has 0 aliphatic carbocycles. The average Bonchev–Trinajstić information content (AvgIpc) is 3.39. The largest absolute Gasteiger partial charge is 0.458 e. The Morgan fingerprint density at radius 1 is 1.14 bits per heavy atom. The van der Waals surface area contributed by atoms with Gasteiger partial charge in [-0.1, -0.05) is 30.3 Å². The van der Waals surface area contributed by atoms with Crippen LogP contribution in [-0.2, 0) is 20.9 Å². The third-order valence-electron chi connectivity index (χ3n) is 6.57. The van der Waals surface area contributed by atoms with Crippen molar-refractivity contribution in [1.82, 2.24) is 14.7 Å². The van der Waals surface area contributed by atoms with Crippen molar-refractivity contribution in [3.05, 3.63) is 89.8 Å². The fourth-order valence-electron chi connectivity index (χ4n) is 5.02. The fourth-order valence-corrected chi connectivity index (χ4v) is 5.02. The molecule has 1 unspecified atom stereocenters. The number of anilines is 1. The molecule has 2 aliphatic heterocycles. The minimum atomic E-state index is -1.53. The Kier molecular flexibility index (Phi) is 5.51. The summed E-state index contributed by atoms with van der Waals surface area (Å²) in [7, 11) is 0. The summed E-state index contributed by atoms with van der Waals surface area (Å²) < 4.78 is 7.60. The Hall–Kier alpha value is -4.20. The number of benzene rings is 2. The fraction of sp³-hybridized carbons (Fsp3) is 0.259. The van der Waals surface area contributed by atoms with E-state index in [4.69, 9.17) is 4.74 Å². The molecule has 2 amide bonds. The summed E-state index contributed by atoms with van der Waals surface area (Å²) in [6.45, 7) is 7.80. The summed E-state index contributed by atoms with van der Waals surface area (Å²) in [4.78, 5) is 42.8. The van der Waals surface area contributed by atoms with Crippen molar-refractivity contribution in [1.29, 1.82) is 0 Å². The monoisotopic (exact) mass is 470 g/mol. The van der Waals surface area contributed by atoms with Crippen LogP contribution >= 0.6 is 0 Å². The molecule has 5 rings (SSSR count). The van der Waals surface area contributed by atoms with Crippen LogP contribution < -0.4 is 4.90 Å². The maximum absolute atomic E-state index is 13.6. The first kappa shape index (κ1) is 22.6. The number of esters is 1. The lowest BCUT2D eigenvalue weighted by atomic mass is 9.96. The molecule has 0 radical (unpaired) electrons. The molecular formula is C27H26N4O4. The Morgan fingerprint density at radius 3 is 2.57 bits per heavy atom. The molecule has 3 aromatic rings. The molecule has 2 aliphatic rings. The number of carbonyl (C=O) groups is 3. The molecule has 0 bridgehead atoms. The summed E-state index contributed by atoms with van der Waals surface area (Å²) in [6, 6.07) is 16.4. The highest BCUT2D eigenvalue weighted by Crippen LogP contribution is 2.45. The molecule has 0 saturated carbocycles. The second kappa shape index (κ2) is 8.54. The van der Waals surface area contributed by atoms with Crippen molar-refractivity contribution in [3.8, 4) is 5.69 Å². The van der Waals surface area contributed by atoms with Gasteiger partial charge in [0.05, 0.1) is 22.6 Å². The number of aromatic nitrogens is 2. The van der Waals surface area contributed by atoms with Gasteiger partial charge in [-0.05, 0) is 49.7 Å². The lowest BCUT2D eigenvalue weighted by Gasteiger charge is -2.48. The number of fused-ring (bicyclic) bond motifs is 3. The first-order chi connectivity index (χ1) is 16.9. The number of carbonyl (C=O) groups excluding carboxylic acids is 3. The highest BCUT2D eigenvalue weighted by molar-refractivity contribution is 6.15. The normalized spacial score (nSPS) is 18.9. The number of nitrogens with zero attached hydrogens (tertiary/aromatic N) is 4. The van der Waals surface area contributed by atoms with Crippen LogP contribution in [0.2, 0.25) is 0 Å². The van der Waals surface area contributed by atoms with E-state index in [2.05, 4.69) is 11.7 Å². The Bertz CT molecular complexity index is 1340. The van der Waals surface area contributed by atoms with Gasteiger partial charge in [-0.15, -0.1) is 6.58 Å². The van der Waals surface area contributed by atoms with E-state index in [9.17, 15) is 14.4 Å². The number of hydrogen-bond acceptors (Lipinski definition) is 5. The van der Waals surface area contributed by atoms with Crippen molar-refractivity contribution in [3.63, 3.8) is 0 Å². The van der Waals surface area contributed by atoms with Gasteiger partial charge in [-0.2, -0.15) is 5.10 Å². The van der Waals surface area contributed by atoms with Gasteiger partial charge in [0.15, 0.2) is 0 Å². The highest BCUT2D eigenvalue weighted by Gasteiger charge is 2.61. The van der Waals surface area contributed by atoms with Gasteiger partial charge in [0, 0.05) is 25.1 Å². The summed E-state index contributed by atoms with van der Waals surface area (Å²) >= 11 is 0. The zero-order valence-corrected chi connectivity index (χ0v) is 19.7. The lowest BCUT2D eigenvalue weighted by molar-refractivity contribution is -0.158. The van der Waals surface area contributed by atoms with Crippen LogP contribution in [-0.4, -0.2) is 44.7 Å². The average molecular weight is 471 g/mol. The summed E-state index contributed by atoms with van der Waals surface area (Å²) in [5, 5.41) is 4.49. The summed E-state index contributed by atoms with van der Waals surface area (Å²) in [6.07, 6.45) is 1.86. The Balaban J connectivity index is 1.42. The van der Waals surface area contributed by atoms with Crippen LogP contribution in [0.25, 0.3) is 5.69 Å². The maximum atomic E-state index is 13.6. The van der Waals surface area contributed by atoms with E-state index in [1.807, 2.05) is 48.9 Å². The number of hydrogen-bond donors (Lipinski definition) is 0. The third-order valence-corrected chi connectivity index (χ3v) is 6.57. The molecule has 178 valence electrons. The van der Waals surface area contributed by atoms with Crippen LogP contribution in [0.1, 0.15) is 40.2 Å². The molecule has 3 heterocycles. The van der Waals surface area contributed by atoms with Gasteiger partial charge in [-0.3, -0.25) is 14.5 Å². The first-order valence-corrected chi connectivity index (χ1v) is 11.5.